The third kappa shape index (κ3) is 6.20. The van der Waals surface area contributed by atoms with Crippen LogP contribution >= 0.6 is 0 Å². The number of nitrogens with zero attached hydrogens (tertiary/aromatic N) is 4. The fraction of sp³-hybridized carbons (Fsp3) is 0.174. The molecular formula is C23H26N6O2. The van der Waals surface area contributed by atoms with E-state index in [1.807, 2.05) is 86.0 Å². The van der Waals surface area contributed by atoms with Crippen molar-refractivity contribution in [1.82, 2.24) is 19.1 Å². The SMILES string of the molecule is CC(C)(C)OC(=O)Nc1cncn1-c1ccccc1.Nc1cncn1-c1ccccc1. The van der Waals surface area contributed by atoms with Gasteiger partial charge in [-0.15, -0.1) is 0 Å². The molecule has 0 aliphatic carbocycles. The van der Waals surface area contributed by atoms with Gasteiger partial charge in [0.25, 0.3) is 0 Å². The molecular weight excluding hydrogens is 392 g/mol. The van der Waals surface area contributed by atoms with Crippen molar-refractivity contribution in [1.29, 1.82) is 0 Å². The van der Waals surface area contributed by atoms with Gasteiger partial charge in [0.05, 0.1) is 12.4 Å². The molecule has 0 saturated carbocycles. The van der Waals surface area contributed by atoms with E-state index in [-0.39, 0.29) is 0 Å². The van der Waals surface area contributed by atoms with Gasteiger partial charge in [-0.25, -0.2) is 14.8 Å². The Morgan fingerprint density at radius 1 is 0.871 bits per heavy atom. The second-order valence-electron chi connectivity index (χ2n) is 7.64. The minimum Gasteiger partial charge on any atom is -0.444 e. The van der Waals surface area contributed by atoms with Gasteiger partial charge in [-0.05, 0) is 45.0 Å². The molecule has 2 aromatic carbocycles. The van der Waals surface area contributed by atoms with E-state index in [0.717, 1.165) is 11.4 Å². The maximum absolute atomic E-state index is 11.7. The van der Waals surface area contributed by atoms with Gasteiger partial charge in [0.15, 0.2) is 0 Å². The number of hydrogen-bond acceptors (Lipinski definition) is 5. The smallest absolute Gasteiger partial charge is 0.413 e. The summed E-state index contributed by atoms with van der Waals surface area (Å²) in [4.78, 5) is 19.7. The molecule has 0 unspecified atom stereocenters. The largest absolute Gasteiger partial charge is 0.444 e. The Labute approximate surface area is 181 Å². The van der Waals surface area contributed by atoms with Crippen molar-refractivity contribution in [3.05, 3.63) is 85.7 Å². The minimum atomic E-state index is -0.526. The summed E-state index contributed by atoms with van der Waals surface area (Å²) in [7, 11) is 0. The third-order valence-electron chi connectivity index (χ3n) is 4.00. The van der Waals surface area contributed by atoms with Crippen molar-refractivity contribution in [3.8, 4) is 11.4 Å². The summed E-state index contributed by atoms with van der Waals surface area (Å²) in [5, 5.41) is 2.68. The Morgan fingerprint density at radius 3 is 1.90 bits per heavy atom. The number of carbonyl (C=O) groups is 1. The molecule has 1 amide bonds. The van der Waals surface area contributed by atoms with Crippen LogP contribution in [0, 0.1) is 0 Å². The lowest BCUT2D eigenvalue weighted by Gasteiger charge is -2.19. The number of nitrogen functional groups attached to an aromatic ring is 1. The number of rotatable bonds is 3. The highest BCUT2D eigenvalue weighted by atomic mass is 16.6. The molecule has 4 aromatic rings. The van der Waals surface area contributed by atoms with Crippen molar-refractivity contribution in [2.45, 2.75) is 26.4 Å². The summed E-state index contributed by atoms with van der Waals surface area (Å²) < 4.78 is 8.83. The van der Waals surface area contributed by atoms with E-state index in [0.29, 0.717) is 11.6 Å². The number of nitrogens with two attached hydrogens (primary N) is 1. The molecule has 0 saturated heterocycles. The molecule has 31 heavy (non-hydrogen) atoms. The number of hydrogen-bond donors (Lipinski definition) is 2. The summed E-state index contributed by atoms with van der Waals surface area (Å²) in [6.07, 6.45) is 6.06. The second kappa shape index (κ2) is 9.62. The number of amides is 1. The van der Waals surface area contributed by atoms with Crippen LogP contribution in [0.1, 0.15) is 20.8 Å². The first kappa shape index (κ1) is 21.6. The summed E-state index contributed by atoms with van der Waals surface area (Å²) in [6, 6.07) is 19.5. The van der Waals surface area contributed by atoms with Gasteiger partial charge in [0, 0.05) is 11.4 Å². The number of para-hydroxylation sites is 2. The highest BCUT2D eigenvalue weighted by molar-refractivity contribution is 5.84. The number of benzene rings is 2. The van der Waals surface area contributed by atoms with Crippen molar-refractivity contribution >= 4 is 17.7 Å². The maximum Gasteiger partial charge on any atom is 0.413 e. The fourth-order valence-electron chi connectivity index (χ4n) is 2.70. The Hall–Kier alpha value is -4.07. The zero-order valence-corrected chi connectivity index (χ0v) is 17.8. The lowest BCUT2D eigenvalue weighted by molar-refractivity contribution is 0.0635. The van der Waals surface area contributed by atoms with Crippen LogP contribution in [0.15, 0.2) is 85.7 Å². The molecule has 0 bridgehead atoms. The monoisotopic (exact) mass is 418 g/mol. The molecule has 0 spiro atoms. The van der Waals surface area contributed by atoms with E-state index >= 15 is 0 Å². The highest BCUT2D eigenvalue weighted by Crippen LogP contribution is 2.16. The highest BCUT2D eigenvalue weighted by Gasteiger charge is 2.17. The van der Waals surface area contributed by atoms with Crippen molar-refractivity contribution in [3.63, 3.8) is 0 Å². The second-order valence-corrected chi connectivity index (χ2v) is 7.64. The molecule has 0 fully saturated rings. The Balaban J connectivity index is 0.000000194. The van der Waals surface area contributed by atoms with Gasteiger partial charge in [-0.1, -0.05) is 36.4 Å². The summed E-state index contributed by atoms with van der Waals surface area (Å²) in [5.41, 5.74) is 7.10. The zero-order chi connectivity index (χ0) is 22.3. The van der Waals surface area contributed by atoms with Crippen LogP contribution in [0.5, 0.6) is 0 Å². The van der Waals surface area contributed by atoms with E-state index in [9.17, 15) is 4.79 Å². The Morgan fingerprint density at radius 2 is 1.39 bits per heavy atom. The quantitative estimate of drug-likeness (QED) is 0.503. The van der Waals surface area contributed by atoms with Crippen LogP contribution in [0.2, 0.25) is 0 Å². The molecule has 8 heteroatoms. The molecule has 0 atom stereocenters. The topological polar surface area (TPSA) is 100.0 Å². The molecule has 0 radical (unpaired) electrons. The third-order valence-corrected chi connectivity index (χ3v) is 4.00. The molecule has 8 nitrogen and oxygen atoms in total. The number of carbonyl (C=O) groups excluding carboxylic acids is 1. The molecule has 0 aliphatic heterocycles. The van der Waals surface area contributed by atoms with Crippen LogP contribution < -0.4 is 11.1 Å². The lowest BCUT2D eigenvalue weighted by atomic mass is 10.2. The number of anilines is 2. The van der Waals surface area contributed by atoms with E-state index in [2.05, 4.69) is 15.3 Å². The Kier molecular flexibility index (Phi) is 6.71. The van der Waals surface area contributed by atoms with Gasteiger partial charge in [-0.2, -0.15) is 0 Å². The fourth-order valence-corrected chi connectivity index (χ4v) is 2.70. The lowest BCUT2D eigenvalue weighted by Crippen LogP contribution is -2.27. The predicted octanol–water partition coefficient (Wildman–Crippen LogP) is 4.67. The first-order chi connectivity index (χ1) is 14.8. The summed E-state index contributed by atoms with van der Waals surface area (Å²) >= 11 is 0. The average molecular weight is 419 g/mol. The van der Waals surface area contributed by atoms with Crippen LogP contribution in [0.25, 0.3) is 11.4 Å². The Bertz CT molecular complexity index is 1100. The van der Waals surface area contributed by atoms with E-state index in [4.69, 9.17) is 10.5 Å². The van der Waals surface area contributed by atoms with Gasteiger partial charge in [0.2, 0.25) is 0 Å². The van der Waals surface area contributed by atoms with Crippen molar-refractivity contribution in [2.75, 3.05) is 11.1 Å². The molecule has 2 heterocycles. The van der Waals surface area contributed by atoms with Gasteiger partial charge < -0.3 is 10.5 Å². The van der Waals surface area contributed by atoms with Crippen LogP contribution in [0.3, 0.4) is 0 Å². The van der Waals surface area contributed by atoms with Gasteiger partial charge >= 0.3 is 6.09 Å². The normalized spacial score (nSPS) is 10.7. The van der Waals surface area contributed by atoms with Gasteiger partial charge in [0.1, 0.15) is 29.9 Å². The van der Waals surface area contributed by atoms with Gasteiger partial charge in [-0.3, -0.25) is 14.5 Å². The number of ether oxygens (including phenoxy) is 1. The first-order valence-corrected chi connectivity index (χ1v) is 9.74. The molecule has 3 N–H and O–H groups in total. The number of imidazole rings is 2. The maximum atomic E-state index is 11.7. The number of nitrogens with one attached hydrogen (secondary N) is 1. The van der Waals surface area contributed by atoms with E-state index < -0.39 is 11.7 Å². The molecule has 4 rings (SSSR count). The average Bonchev–Trinajstić information content (AvgIpc) is 3.37. The van der Waals surface area contributed by atoms with Crippen LogP contribution in [-0.2, 0) is 4.74 Å². The standard InChI is InChI=1S/C14H17N3O2.C9H9N3/c1-14(2,3)19-13(18)16-12-9-15-10-17(12)11-7-5-4-6-8-11;10-9-6-11-7-12(9)8-4-2-1-3-5-8/h4-10H,1-3H3,(H,16,18);1-7H,10H2. The molecule has 2 aromatic heterocycles. The van der Waals surface area contributed by atoms with Crippen LogP contribution in [0.4, 0.5) is 16.4 Å². The van der Waals surface area contributed by atoms with Crippen molar-refractivity contribution < 1.29 is 9.53 Å². The minimum absolute atomic E-state index is 0.495. The summed E-state index contributed by atoms with van der Waals surface area (Å²) in [5.74, 6) is 1.22. The van der Waals surface area contributed by atoms with Crippen LogP contribution in [-0.4, -0.2) is 30.8 Å². The van der Waals surface area contributed by atoms with E-state index in [1.54, 1.807) is 29.6 Å². The zero-order valence-electron chi connectivity index (χ0n) is 17.8. The number of aromatic nitrogens is 4. The first-order valence-electron chi connectivity index (χ1n) is 9.74. The summed E-state index contributed by atoms with van der Waals surface area (Å²) in [6.45, 7) is 5.46. The molecule has 160 valence electrons. The van der Waals surface area contributed by atoms with Crippen molar-refractivity contribution in [2.24, 2.45) is 0 Å². The predicted molar refractivity (Wildman–Crippen MR) is 121 cm³/mol. The molecule has 0 aliphatic rings. The van der Waals surface area contributed by atoms with E-state index in [1.165, 1.54) is 0 Å².